The summed E-state index contributed by atoms with van der Waals surface area (Å²) in [5.41, 5.74) is 3.95. The van der Waals surface area contributed by atoms with Gasteiger partial charge in [-0.25, -0.2) is 4.79 Å². The Morgan fingerprint density at radius 1 is 0.967 bits per heavy atom. The lowest BCUT2D eigenvalue weighted by Crippen LogP contribution is -2.46. The summed E-state index contributed by atoms with van der Waals surface area (Å²) in [5, 5.41) is 1.04. The van der Waals surface area contributed by atoms with E-state index in [-0.39, 0.29) is 11.0 Å². The van der Waals surface area contributed by atoms with E-state index in [1.807, 2.05) is 18.2 Å². The number of fused-ring (bicyclic) bond motifs is 1. The van der Waals surface area contributed by atoms with Crippen molar-refractivity contribution < 1.29 is 9.15 Å². The van der Waals surface area contributed by atoms with Gasteiger partial charge in [-0.05, 0) is 52.9 Å². The maximum Gasteiger partial charge on any atom is 0.336 e. The first kappa shape index (κ1) is 20.5. The van der Waals surface area contributed by atoms with Crippen LogP contribution in [0.25, 0.3) is 11.0 Å². The van der Waals surface area contributed by atoms with Crippen LogP contribution in [-0.2, 0) is 12.0 Å². The molecule has 5 nitrogen and oxygen atoms in total. The average Bonchev–Trinajstić information content (AvgIpc) is 2.73. The second-order valence-corrected chi connectivity index (χ2v) is 9.01. The van der Waals surface area contributed by atoms with E-state index in [9.17, 15) is 4.79 Å². The van der Waals surface area contributed by atoms with Gasteiger partial charge in [0.15, 0.2) is 0 Å². The molecule has 0 N–H and O–H groups in total. The molecule has 1 aliphatic rings. The van der Waals surface area contributed by atoms with E-state index < -0.39 is 0 Å². The second kappa shape index (κ2) is 8.15. The van der Waals surface area contributed by atoms with E-state index in [0.29, 0.717) is 5.58 Å². The number of anilines is 1. The Morgan fingerprint density at radius 2 is 1.67 bits per heavy atom. The summed E-state index contributed by atoms with van der Waals surface area (Å²) in [6, 6.07) is 16.1. The smallest absolute Gasteiger partial charge is 0.336 e. The number of piperazine rings is 1. The van der Waals surface area contributed by atoms with Crippen molar-refractivity contribution in [3.63, 3.8) is 0 Å². The molecule has 0 atom stereocenters. The third-order valence-corrected chi connectivity index (χ3v) is 5.90. The predicted molar refractivity (Wildman–Crippen MR) is 122 cm³/mol. The van der Waals surface area contributed by atoms with Crippen LogP contribution in [0.2, 0.25) is 0 Å². The van der Waals surface area contributed by atoms with Crippen molar-refractivity contribution in [1.29, 1.82) is 0 Å². The van der Waals surface area contributed by atoms with Crippen LogP contribution in [0.5, 0.6) is 5.75 Å². The molecule has 1 saturated heterocycles. The van der Waals surface area contributed by atoms with Crippen LogP contribution >= 0.6 is 0 Å². The standard InChI is InChI=1S/C25H30N2O3/c1-25(2,3)19-5-10-23-22(16-19)18(15-24(28)30-23)17-26-11-13-27(14-12-26)20-6-8-21(29-4)9-7-20/h5-10,15-16H,11-14,17H2,1-4H3. The zero-order valence-electron chi connectivity index (χ0n) is 18.3. The van der Waals surface area contributed by atoms with Gasteiger partial charge in [0.1, 0.15) is 11.3 Å². The minimum Gasteiger partial charge on any atom is -0.497 e. The fourth-order valence-corrected chi connectivity index (χ4v) is 4.02. The lowest BCUT2D eigenvalue weighted by Gasteiger charge is -2.36. The summed E-state index contributed by atoms with van der Waals surface area (Å²) >= 11 is 0. The van der Waals surface area contributed by atoms with E-state index in [0.717, 1.165) is 49.4 Å². The van der Waals surface area contributed by atoms with Gasteiger partial charge in [-0.15, -0.1) is 0 Å². The second-order valence-electron chi connectivity index (χ2n) is 9.01. The fraction of sp³-hybridized carbons (Fsp3) is 0.400. The molecule has 0 unspecified atom stereocenters. The van der Waals surface area contributed by atoms with Gasteiger partial charge in [0, 0.05) is 49.9 Å². The van der Waals surface area contributed by atoms with Gasteiger partial charge in [-0.3, -0.25) is 4.90 Å². The van der Waals surface area contributed by atoms with E-state index in [1.54, 1.807) is 13.2 Å². The van der Waals surface area contributed by atoms with Crippen LogP contribution in [0.15, 0.2) is 57.7 Å². The van der Waals surface area contributed by atoms with Crippen LogP contribution < -0.4 is 15.3 Å². The van der Waals surface area contributed by atoms with Gasteiger partial charge in [-0.1, -0.05) is 26.8 Å². The molecule has 2 aromatic carbocycles. The van der Waals surface area contributed by atoms with Crippen LogP contribution in [0.1, 0.15) is 31.9 Å². The Morgan fingerprint density at radius 3 is 2.30 bits per heavy atom. The summed E-state index contributed by atoms with van der Waals surface area (Å²) in [4.78, 5) is 16.9. The number of methoxy groups -OCH3 is 1. The summed E-state index contributed by atoms with van der Waals surface area (Å²) in [7, 11) is 1.69. The number of nitrogens with zero attached hydrogens (tertiary/aromatic N) is 2. The van der Waals surface area contributed by atoms with Gasteiger partial charge >= 0.3 is 5.63 Å². The highest BCUT2D eigenvalue weighted by molar-refractivity contribution is 5.81. The molecule has 4 rings (SSSR count). The van der Waals surface area contributed by atoms with Crippen LogP contribution in [0.3, 0.4) is 0 Å². The molecule has 0 aliphatic carbocycles. The molecule has 158 valence electrons. The summed E-state index contributed by atoms with van der Waals surface area (Å²) in [6.45, 7) is 11.2. The minimum atomic E-state index is -0.280. The van der Waals surface area contributed by atoms with Crippen LogP contribution in [-0.4, -0.2) is 38.2 Å². The van der Waals surface area contributed by atoms with Crippen LogP contribution in [0, 0.1) is 0 Å². The van der Waals surface area contributed by atoms with E-state index >= 15 is 0 Å². The number of hydrogen-bond donors (Lipinski definition) is 0. The fourth-order valence-electron chi connectivity index (χ4n) is 4.02. The normalized spacial score (nSPS) is 15.5. The highest BCUT2D eigenvalue weighted by Gasteiger charge is 2.20. The van der Waals surface area contributed by atoms with Crippen molar-refractivity contribution in [3.8, 4) is 5.75 Å². The van der Waals surface area contributed by atoms with E-state index in [1.165, 1.54) is 11.3 Å². The number of ether oxygens (including phenoxy) is 1. The molecule has 1 aliphatic heterocycles. The van der Waals surface area contributed by atoms with E-state index in [4.69, 9.17) is 9.15 Å². The first-order valence-corrected chi connectivity index (χ1v) is 10.5. The summed E-state index contributed by atoms with van der Waals surface area (Å²) in [5.74, 6) is 0.877. The Labute approximate surface area is 177 Å². The van der Waals surface area contributed by atoms with Crippen molar-refractivity contribution in [1.82, 2.24) is 4.90 Å². The molecule has 0 amide bonds. The molecule has 0 bridgehead atoms. The molecule has 1 fully saturated rings. The summed E-state index contributed by atoms with van der Waals surface area (Å²) in [6.07, 6.45) is 0. The molecule has 3 aromatic rings. The number of rotatable bonds is 4. The van der Waals surface area contributed by atoms with Crippen molar-refractivity contribution in [2.75, 3.05) is 38.2 Å². The third kappa shape index (κ3) is 4.36. The monoisotopic (exact) mass is 406 g/mol. The zero-order valence-corrected chi connectivity index (χ0v) is 18.3. The van der Waals surface area contributed by atoms with Crippen molar-refractivity contribution >= 4 is 16.7 Å². The SMILES string of the molecule is COc1ccc(N2CCN(Cc3cc(=O)oc4ccc(C(C)(C)C)cc34)CC2)cc1. The Hall–Kier alpha value is -2.79. The van der Waals surface area contributed by atoms with Crippen molar-refractivity contribution in [2.24, 2.45) is 0 Å². The highest BCUT2D eigenvalue weighted by atomic mass is 16.5. The van der Waals surface area contributed by atoms with Gasteiger partial charge in [0.05, 0.1) is 7.11 Å². The van der Waals surface area contributed by atoms with Gasteiger partial charge < -0.3 is 14.1 Å². The largest absolute Gasteiger partial charge is 0.497 e. The number of hydrogen-bond acceptors (Lipinski definition) is 5. The Bertz CT molecular complexity index is 1070. The summed E-state index contributed by atoms with van der Waals surface area (Å²) < 4.78 is 10.7. The number of benzene rings is 2. The molecule has 2 heterocycles. The molecule has 1 aromatic heterocycles. The molecular formula is C25H30N2O3. The molecule has 0 spiro atoms. The highest BCUT2D eigenvalue weighted by Crippen LogP contribution is 2.28. The van der Waals surface area contributed by atoms with Crippen molar-refractivity contribution in [2.45, 2.75) is 32.7 Å². The lowest BCUT2D eigenvalue weighted by atomic mass is 9.86. The molecule has 5 heteroatoms. The first-order chi connectivity index (χ1) is 14.3. The molecule has 0 saturated carbocycles. The predicted octanol–water partition coefficient (Wildman–Crippen LogP) is 4.42. The lowest BCUT2D eigenvalue weighted by molar-refractivity contribution is 0.250. The maximum atomic E-state index is 12.1. The van der Waals surface area contributed by atoms with Gasteiger partial charge in [-0.2, -0.15) is 0 Å². The topological polar surface area (TPSA) is 45.9 Å². The van der Waals surface area contributed by atoms with Gasteiger partial charge in [0.2, 0.25) is 0 Å². The third-order valence-electron chi connectivity index (χ3n) is 5.90. The molecule has 0 radical (unpaired) electrons. The van der Waals surface area contributed by atoms with Gasteiger partial charge in [0.25, 0.3) is 0 Å². The molecular weight excluding hydrogens is 376 g/mol. The Kier molecular flexibility index (Phi) is 5.56. The van der Waals surface area contributed by atoms with Crippen LogP contribution in [0.4, 0.5) is 5.69 Å². The Balaban J connectivity index is 1.51. The quantitative estimate of drug-likeness (QED) is 0.600. The minimum absolute atomic E-state index is 0.0472. The molecule has 30 heavy (non-hydrogen) atoms. The van der Waals surface area contributed by atoms with Crippen molar-refractivity contribution in [3.05, 3.63) is 70.1 Å². The average molecular weight is 407 g/mol. The first-order valence-electron chi connectivity index (χ1n) is 10.5. The zero-order chi connectivity index (χ0) is 21.3. The van der Waals surface area contributed by atoms with E-state index in [2.05, 4.69) is 54.8 Å². The maximum absolute atomic E-state index is 12.1.